The summed E-state index contributed by atoms with van der Waals surface area (Å²) < 4.78 is 0. The van der Waals surface area contributed by atoms with Crippen molar-refractivity contribution in [2.45, 2.75) is 303 Å². The normalized spacial score (nSPS) is 11.8. The van der Waals surface area contributed by atoms with Crippen LogP contribution in [0.5, 0.6) is 0 Å². The highest BCUT2D eigenvalue weighted by molar-refractivity contribution is 7.80. The molecule has 4 N–H and O–H groups in total. The van der Waals surface area contributed by atoms with E-state index in [1.807, 2.05) is 0 Å². The van der Waals surface area contributed by atoms with Crippen LogP contribution in [0.1, 0.15) is 291 Å². The molecule has 0 amide bonds. The van der Waals surface area contributed by atoms with E-state index in [9.17, 15) is 10.2 Å². The van der Waals surface area contributed by atoms with Crippen molar-refractivity contribution < 1.29 is 10.2 Å². The van der Waals surface area contributed by atoms with Gasteiger partial charge < -0.3 is 25.7 Å². The lowest BCUT2D eigenvalue weighted by Crippen LogP contribution is -2.34. The van der Waals surface area contributed by atoms with Gasteiger partial charge in [-0.1, -0.05) is 245 Å². The lowest BCUT2D eigenvalue weighted by molar-refractivity contribution is 0.152. The molecule has 0 spiro atoms. The van der Waals surface area contributed by atoms with E-state index in [1.54, 1.807) is 0 Å². The molecule has 0 atom stereocenters. The summed E-state index contributed by atoms with van der Waals surface area (Å²) in [4.78, 5) is 7.13. The van der Waals surface area contributed by atoms with Gasteiger partial charge in [0.15, 0.2) is 0 Å². The summed E-state index contributed by atoms with van der Waals surface area (Å²) in [6, 6.07) is 1.14. The second-order valence-corrected chi connectivity index (χ2v) is 21.3. The van der Waals surface area contributed by atoms with E-state index < -0.39 is 0 Å². The molecular formula is C57H116N4O2S2. The summed E-state index contributed by atoms with van der Waals surface area (Å²) >= 11 is 11.8. The first-order chi connectivity index (χ1) is 31.9. The number of aliphatic hydroxyl groups is 2. The summed E-state index contributed by atoms with van der Waals surface area (Å²) in [7, 11) is 0. The number of rotatable bonds is 54. The fraction of sp³-hybridized carbons (Fsp3) is 0.965. The molecule has 388 valence electrons. The van der Waals surface area contributed by atoms with Gasteiger partial charge in [-0.25, -0.2) is 0 Å². The minimum atomic E-state index is 0.156. The molecule has 0 aliphatic rings. The van der Waals surface area contributed by atoms with E-state index in [4.69, 9.17) is 24.4 Å². The quantitative estimate of drug-likeness (QED) is 0.0355. The number of hydrogen-bond donors (Lipinski definition) is 4. The molecule has 0 aromatic heterocycles. The Hall–Kier alpha value is -0.380. The molecule has 0 radical (unpaired) electrons. The third-order valence-electron chi connectivity index (χ3n) is 13.9. The van der Waals surface area contributed by atoms with Crippen LogP contribution in [0.25, 0.3) is 0 Å². The number of nitrogens with zero attached hydrogens (tertiary/aromatic N) is 2. The highest BCUT2D eigenvalue weighted by Crippen LogP contribution is 2.18. The molecule has 0 unspecified atom stereocenters. The molecular weight excluding hydrogens is 837 g/mol. The van der Waals surface area contributed by atoms with Gasteiger partial charge in [0.2, 0.25) is 0 Å². The second kappa shape index (κ2) is 53.0. The summed E-state index contributed by atoms with van der Waals surface area (Å²) in [6.07, 6.45) is 53.8. The van der Waals surface area contributed by atoms with Gasteiger partial charge in [-0.05, 0) is 96.8 Å². The Labute approximate surface area is 418 Å². The van der Waals surface area contributed by atoms with Crippen LogP contribution in [0, 0.1) is 0 Å². The van der Waals surface area contributed by atoms with Gasteiger partial charge in [0.05, 0.1) is 23.2 Å². The first-order valence-corrected chi connectivity index (χ1v) is 30.0. The molecule has 0 heterocycles. The number of aliphatic hydroxyl groups excluding tert-OH is 2. The molecule has 6 nitrogen and oxygen atoms in total. The van der Waals surface area contributed by atoms with Crippen LogP contribution >= 0.6 is 24.4 Å². The number of thiocarbonyl (C=S) groups is 2. The zero-order chi connectivity index (χ0) is 47.5. The highest BCUT2D eigenvalue weighted by Gasteiger charge is 2.13. The second-order valence-electron chi connectivity index (χ2n) is 20.3. The van der Waals surface area contributed by atoms with Crippen molar-refractivity contribution in [1.82, 2.24) is 20.4 Å². The van der Waals surface area contributed by atoms with Crippen molar-refractivity contribution in [3.63, 3.8) is 0 Å². The molecule has 0 rings (SSSR count). The van der Waals surface area contributed by atoms with E-state index in [-0.39, 0.29) is 13.2 Å². The predicted molar refractivity (Wildman–Crippen MR) is 298 cm³/mol. The smallest absolute Gasteiger partial charge is 0.0755 e. The molecule has 0 fully saturated rings. The van der Waals surface area contributed by atoms with Crippen molar-refractivity contribution in [1.29, 1.82) is 0 Å². The van der Waals surface area contributed by atoms with E-state index in [0.29, 0.717) is 25.2 Å². The van der Waals surface area contributed by atoms with Crippen molar-refractivity contribution in [2.24, 2.45) is 0 Å². The summed E-state index contributed by atoms with van der Waals surface area (Å²) in [5, 5.41) is 26.7. The minimum Gasteiger partial charge on any atom is -0.395 e. The first-order valence-electron chi connectivity index (χ1n) is 29.2. The highest BCUT2D eigenvalue weighted by atomic mass is 32.1. The fourth-order valence-corrected chi connectivity index (χ4v) is 10.3. The topological polar surface area (TPSA) is 71.0 Å². The Morgan fingerprint density at radius 1 is 0.323 bits per heavy atom. The molecule has 65 heavy (non-hydrogen) atoms. The Morgan fingerprint density at radius 3 is 0.877 bits per heavy atom. The Morgan fingerprint density at radius 2 is 0.569 bits per heavy atom. The largest absolute Gasteiger partial charge is 0.395 e. The summed E-state index contributed by atoms with van der Waals surface area (Å²) in [5.74, 6) is 0. The molecule has 0 saturated heterocycles. The number of unbranched alkanes of at least 4 members (excludes halogenated alkanes) is 28. The van der Waals surface area contributed by atoms with Gasteiger partial charge in [0.25, 0.3) is 0 Å². The van der Waals surface area contributed by atoms with Gasteiger partial charge in [-0.3, -0.25) is 4.90 Å². The Balaban J connectivity index is 4.69. The lowest BCUT2D eigenvalue weighted by Gasteiger charge is -2.25. The zero-order valence-corrected chi connectivity index (χ0v) is 46.0. The monoisotopic (exact) mass is 953 g/mol. The first kappa shape index (κ1) is 64.6. The number of nitrogens with one attached hydrogen (secondary N) is 2. The molecule has 0 aliphatic carbocycles. The maximum absolute atomic E-state index is 9.51. The van der Waals surface area contributed by atoms with Crippen LogP contribution in [0.4, 0.5) is 0 Å². The Bertz CT molecular complexity index is 871. The minimum absolute atomic E-state index is 0.156. The van der Waals surface area contributed by atoms with Gasteiger partial charge >= 0.3 is 0 Å². The van der Waals surface area contributed by atoms with Gasteiger partial charge in [0, 0.05) is 25.2 Å². The third kappa shape index (κ3) is 47.1. The van der Waals surface area contributed by atoms with Crippen molar-refractivity contribution in [3.05, 3.63) is 0 Å². The van der Waals surface area contributed by atoms with E-state index >= 15 is 0 Å². The van der Waals surface area contributed by atoms with Crippen LogP contribution in [0.3, 0.4) is 0 Å². The van der Waals surface area contributed by atoms with Crippen LogP contribution in [0.2, 0.25) is 0 Å². The maximum atomic E-state index is 9.51. The molecule has 8 heteroatoms. The molecule has 0 aromatic rings. The Kier molecular flexibility index (Phi) is 52.7. The van der Waals surface area contributed by atoms with Crippen molar-refractivity contribution >= 4 is 34.4 Å². The maximum Gasteiger partial charge on any atom is 0.0755 e. The lowest BCUT2D eigenvalue weighted by atomic mass is 9.99. The average Bonchev–Trinajstić information content (AvgIpc) is 3.29. The summed E-state index contributed by atoms with van der Waals surface area (Å²) in [5.41, 5.74) is 0. The van der Waals surface area contributed by atoms with Gasteiger partial charge in [0.1, 0.15) is 0 Å². The SMILES string of the molecule is CCCCCCCCC(CCCCCCCC)NC(=S)CCCCCCCN(CCCCCCCC(=S)NC(CCCCCCCC)CCCCCCCC)CCCN(CCO)CCO. The van der Waals surface area contributed by atoms with Crippen LogP contribution in [-0.2, 0) is 0 Å². The molecule has 0 aliphatic heterocycles. The predicted octanol–water partition coefficient (Wildman–Crippen LogP) is 16.2. The zero-order valence-electron chi connectivity index (χ0n) is 44.4. The van der Waals surface area contributed by atoms with Crippen LogP contribution in [0.15, 0.2) is 0 Å². The fourth-order valence-electron chi connectivity index (χ4n) is 9.64. The van der Waals surface area contributed by atoms with Crippen LogP contribution < -0.4 is 10.6 Å². The van der Waals surface area contributed by atoms with Gasteiger partial charge in [-0.15, -0.1) is 0 Å². The van der Waals surface area contributed by atoms with Crippen LogP contribution in [-0.4, -0.2) is 94.6 Å². The van der Waals surface area contributed by atoms with Crippen molar-refractivity contribution in [3.8, 4) is 0 Å². The van der Waals surface area contributed by atoms with Crippen molar-refractivity contribution in [2.75, 3.05) is 52.5 Å². The molecule has 0 bridgehead atoms. The van der Waals surface area contributed by atoms with E-state index in [1.165, 1.54) is 257 Å². The summed E-state index contributed by atoms with van der Waals surface area (Å²) in [6.45, 7) is 15.2. The molecule has 0 aromatic carbocycles. The standard InChI is InChI=1S/C57H116N4O2S2/c1-5-9-13-17-23-31-40-54(41-32-24-18-14-10-6-2)58-56(64)44-35-27-21-29-37-46-60(48-39-49-61(50-52-62)51-53-63)47-38-30-22-28-36-45-57(65)59-55(42-33-25-19-15-11-7-3)43-34-26-20-16-12-8-4/h54-55,62-63H,5-53H2,1-4H3,(H,58,64)(H,59,65). The molecule has 0 saturated carbocycles. The van der Waals surface area contributed by atoms with Gasteiger partial charge in [-0.2, -0.15) is 0 Å². The van der Waals surface area contributed by atoms with E-state index in [0.717, 1.165) is 42.3 Å². The average molecular weight is 954 g/mol. The number of hydrogen-bond acceptors (Lipinski definition) is 6. The van der Waals surface area contributed by atoms with E-state index in [2.05, 4.69) is 48.1 Å². The third-order valence-corrected chi connectivity index (χ3v) is 14.5.